The molecule has 0 saturated heterocycles. The average Bonchev–Trinajstić information content (AvgIpc) is 2.78. The van der Waals surface area contributed by atoms with Crippen molar-refractivity contribution in [3.05, 3.63) is 107 Å². The van der Waals surface area contributed by atoms with Gasteiger partial charge in [0, 0.05) is 18.3 Å². The molecule has 0 bridgehead atoms. The number of benzene rings is 3. The number of carbonyl (C=O) groups is 1. The molecule has 1 unspecified atom stereocenters. The third-order valence-electron chi connectivity index (χ3n) is 6.08. The van der Waals surface area contributed by atoms with Gasteiger partial charge in [-0.3, -0.25) is 0 Å². The topological polar surface area (TPSA) is 40.5 Å². The molecule has 1 aliphatic rings. The summed E-state index contributed by atoms with van der Waals surface area (Å²) in [5.74, 6) is -1.02. The Hall–Kier alpha value is -3.54. The first-order chi connectivity index (χ1) is 15.2. The second-order valence-corrected chi connectivity index (χ2v) is 7.97. The minimum atomic E-state index is -4.38. The van der Waals surface area contributed by atoms with Crippen LogP contribution in [0, 0.1) is 0 Å². The van der Waals surface area contributed by atoms with Gasteiger partial charge in [-0.2, -0.15) is 13.2 Å². The largest absolute Gasteiger partial charge is 0.478 e. The number of alkyl halides is 3. The van der Waals surface area contributed by atoms with Gasteiger partial charge in [0.25, 0.3) is 0 Å². The Morgan fingerprint density at radius 1 is 1.00 bits per heavy atom. The number of halogens is 3. The number of rotatable bonds is 4. The Balaban J connectivity index is 1.80. The minimum absolute atomic E-state index is 0.608. The summed E-state index contributed by atoms with van der Waals surface area (Å²) in [5.41, 5.74) is 3.46. The maximum absolute atomic E-state index is 13.1. The van der Waals surface area contributed by atoms with E-state index < -0.39 is 23.2 Å². The van der Waals surface area contributed by atoms with Crippen LogP contribution in [0.1, 0.15) is 34.7 Å². The van der Waals surface area contributed by atoms with E-state index in [4.69, 9.17) is 5.11 Å². The van der Waals surface area contributed by atoms with Gasteiger partial charge in [-0.1, -0.05) is 48.5 Å². The zero-order valence-corrected chi connectivity index (χ0v) is 17.4. The lowest BCUT2D eigenvalue weighted by atomic mass is 9.76. The summed E-state index contributed by atoms with van der Waals surface area (Å²) in [6.07, 6.45) is -0.986. The quantitative estimate of drug-likeness (QED) is 0.499. The van der Waals surface area contributed by atoms with Crippen molar-refractivity contribution in [1.29, 1.82) is 0 Å². The number of fused-ring (bicyclic) bond motifs is 1. The standard InChI is InChI=1S/C26H22F3NO2/c1-25(20-9-6-18(7-10-20)8-15-24(31)32)23-5-3-2-4-19(23)16-17-30(25)22-13-11-21(12-14-22)26(27,28)29/h2-15H,16-17H2,1H3,(H,31,32)/b15-8+. The van der Waals surface area contributed by atoms with Gasteiger partial charge in [-0.15, -0.1) is 0 Å². The Bertz CT molecular complexity index is 1150. The molecule has 1 aliphatic heterocycles. The summed E-state index contributed by atoms with van der Waals surface area (Å²) in [6, 6.07) is 21.0. The van der Waals surface area contributed by atoms with Gasteiger partial charge in [0.2, 0.25) is 0 Å². The first kappa shape index (κ1) is 21.7. The van der Waals surface area contributed by atoms with Crippen LogP contribution in [0.2, 0.25) is 0 Å². The van der Waals surface area contributed by atoms with Crippen molar-refractivity contribution in [2.45, 2.75) is 25.1 Å². The third-order valence-corrected chi connectivity index (χ3v) is 6.08. The molecule has 6 heteroatoms. The zero-order valence-electron chi connectivity index (χ0n) is 17.4. The first-order valence-corrected chi connectivity index (χ1v) is 10.2. The van der Waals surface area contributed by atoms with Crippen LogP contribution in [-0.2, 0) is 22.9 Å². The van der Waals surface area contributed by atoms with Crippen molar-refractivity contribution in [2.24, 2.45) is 0 Å². The second-order valence-electron chi connectivity index (χ2n) is 7.97. The predicted molar refractivity (Wildman–Crippen MR) is 119 cm³/mol. The highest BCUT2D eigenvalue weighted by molar-refractivity contribution is 5.85. The van der Waals surface area contributed by atoms with E-state index in [1.165, 1.54) is 23.8 Å². The van der Waals surface area contributed by atoms with Gasteiger partial charge in [0.15, 0.2) is 0 Å². The van der Waals surface area contributed by atoms with Crippen LogP contribution in [-0.4, -0.2) is 17.6 Å². The maximum atomic E-state index is 13.1. The third kappa shape index (κ3) is 4.00. The highest BCUT2D eigenvalue weighted by atomic mass is 19.4. The second kappa shape index (κ2) is 8.19. The predicted octanol–water partition coefficient (Wildman–Crippen LogP) is 6.13. The monoisotopic (exact) mass is 437 g/mol. The van der Waals surface area contributed by atoms with Crippen LogP contribution in [0.3, 0.4) is 0 Å². The number of carboxylic acid groups (broad SMARTS) is 1. The van der Waals surface area contributed by atoms with E-state index >= 15 is 0 Å². The van der Waals surface area contributed by atoms with Gasteiger partial charge in [0.1, 0.15) is 0 Å². The lowest BCUT2D eigenvalue weighted by Crippen LogP contribution is -2.49. The van der Waals surface area contributed by atoms with E-state index in [-0.39, 0.29) is 0 Å². The van der Waals surface area contributed by atoms with Crippen LogP contribution in [0.4, 0.5) is 18.9 Å². The van der Waals surface area contributed by atoms with Gasteiger partial charge in [0.05, 0.1) is 11.1 Å². The number of carboxylic acids is 1. The SMILES string of the molecule is CC1(c2ccc(/C=C/C(=O)O)cc2)c2ccccc2CCN1c1ccc(C(F)(F)F)cc1. The average molecular weight is 437 g/mol. The van der Waals surface area contributed by atoms with Crippen LogP contribution < -0.4 is 4.90 Å². The molecular formula is C26H22F3NO2. The van der Waals surface area contributed by atoms with E-state index in [1.807, 2.05) is 36.4 Å². The van der Waals surface area contributed by atoms with Gasteiger partial charge in [-0.25, -0.2) is 4.79 Å². The Labute approximate surface area is 184 Å². The maximum Gasteiger partial charge on any atom is 0.416 e. The lowest BCUT2D eigenvalue weighted by Gasteiger charge is -2.48. The molecule has 3 aromatic rings. The Morgan fingerprint density at radius 3 is 2.28 bits per heavy atom. The number of anilines is 1. The summed E-state index contributed by atoms with van der Waals surface area (Å²) in [7, 11) is 0. The molecule has 1 heterocycles. The van der Waals surface area contributed by atoms with Crippen molar-refractivity contribution >= 4 is 17.7 Å². The van der Waals surface area contributed by atoms with Crippen molar-refractivity contribution in [1.82, 2.24) is 0 Å². The molecular weight excluding hydrogens is 415 g/mol. The zero-order chi connectivity index (χ0) is 22.9. The number of hydrogen-bond acceptors (Lipinski definition) is 2. The molecule has 164 valence electrons. The summed E-state index contributed by atoms with van der Waals surface area (Å²) < 4.78 is 39.2. The van der Waals surface area contributed by atoms with Crippen LogP contribution in [0.15, 0.2) is 78.9 Å². The van der Waals surface area contributed by atoms with Crippen LogP contribution >= 0.6 is 0 Å². The summed E-state index contributed by atoms with van der Waals surface area (Å²) in [5, 5.41) is 8.85. The Morgan fingerprint density at radius 2 is 1.66 bits per heavy atom. The van der Waals surface area contributed by atoms with E-state index in [9.17, 15) is 18.0 Å². The number of nitrogens with zero attached hydrogens (tertiary/aromatic N) is 1. The normalized spacial score (nSPS) is 18.6. The molecule has 0 spiro atoms. The van der Waals surface area contributed by atoms with Crippen molar-refractivity contribution in [2.75, 3.05) is 11.4 Å². The lowest BCUT2D eigenvalue weighted by molar-refractivity contribution is -0.137. The summed E-state index contributed by atoms with van der Waals surface area (Å²) >= 11 is 0. The van der Waals surface area contributed by atoms with E-state index in [0.717, 1.165) is 41.3 Å². The molecule has 0 amide bonds. The molecule has 4 rings (SSSR count). The van der Waals surface area contributed by atoms with E-state index in [0.29, 0.717) is 12.2 Å². The number of aliphatic carboxylic acids is 1. The molecule has 0 aromatic heterocycles. The minimum Gasteiger partial charge on any atom is -0.478 e. The fraction of sp³-hybridized carbons (Fsp3) is 0.192. The van der Waals surface area contributed by atoms with Gasteiger partial charge >= 0.3 is 12.1 Å². The Kier molecular flexibility index (Phi) is 5.55. The molecule has 0 saturated carbocycles. The van der Waals surface area contributed by atoms with Crippen molar-refractivity contribution in [3.8, 4) is 0 Å². The molecule has 3 aromatic carbocycles. The smallest absolute Gasteiger partial charge is 0.416 e. The summed E-state index contributed by atoms with van der Waals surface area (Å²) in [6.45, 7) is 2.73. The van der Waals surface area contributed by atoms with Crippen molar-refractivity contribution < 1.29 is 23.1 Å². The molecule has 0 fully saturated rings. The van der Waals surface area contributed by atoms with Crippen molar-refractivity contribution in [3.63, 3.8) is 0 Å². The molecule has 0 radical (unpaired) electrons. The molecule has 3 nitrogen and oxygen atoms in total. The van der Waals surface area contributed by atoms with Crippen LogP contribution in [0.25, 0.3) is 6.08 Å². The fourth-order valence-electron chi connectivity index (χ4n) is 4.43. The first-order valence-electron chi connectivity index (χ1n) is 10.2. The highest BCUT2D eigenvalue weighted by Crippen LogP contribution is 2.44. The molecule has 32 heavy (non-hydrogen) atoms. The van der Waals surface area contributed by atoms with Gasteiger partial charge in [-0.05, 0) is 65.9 Å². The fourth-order valence-corrected chi connectivity index (χ4v) is 4.43. The van der Waals surface area contributed by atoms with Gasteiger partial charge < -0.3 is 10.0 Å². The molecule has 1 atom stereocenters. The molecule has 0 aliphatic carbocycles. The molecule has 1 N–H and O–H groups in total. The van der Waals surface area contributed by atoms with Crippen LogP contribution in [0.5, 0.6) is 0 Å². The van der Waals surface area contributed by atoms with E-state index in [2.05, 4.69) is 24.0 Å². The number of hydrogen-bond donors (Lipinski definition) is 1. The van der Waals surface area contributed by atoms with E-state index in [1.54, 1.807) is 0 Å². The highest BCUT2D eigenvalue weighted by Gasteiger charge is 2.40. The summed E-state index contributed by atoms with van der Waals surface area (Å²) in [4.78, 5) is 12.9.